The molecule has 4 rings (SSSR count). The number of ether oxygens (including phenoxy) is 6. The normalized spacial score (nSPS) is 10.9. The van der Waals surface area contributed by atoms with E-state index >= 15 is 0 Å². The molecule has 0 atom stereocenters. The van der Waals surface area contributed by atoms with Gasteiger partial charge in [-0.25, -0.2) is 9.97 Å². The number of aromatic nitrogens is 2. The first kappa shape index (κ1) is 82.6. The number of benzene rings is 3. The van der Waals surface area contributed by atoms with Crippen molar-refractivity contribution in [2.45, 2.75) is 350 Å². The molecule has 0 radical (unpaired) electrons. The van der Waals surface area contributed by atoms with Crippen LogP contribution >= 0.6 is 0 Å². The summed E-state index contributed by atoms with van der Waals surface area (Å²) in [5, 5.41) is 0. The topological polar surface area (TPSA) is 81.2 Å². The van der Waals surface area contributed by atoms with Crippen LogP contribution in [-0.4, -0.2) is 49.6 Å². The quantitative estimate of drug-likeness (QED) is 0.0319. The molecule has 0 N–H and O–H groups in total. The molecule has 534 valence electrons. The lowest BCUT2D eigenvalue weighted by Crippen LogP contribution is -2.03. The molecule has 8 heteroatoms. The predicted molar refractivity (Wildman–Crippen MR) is 408 cm³/mol. The average Bonchev–Trinajstić information content (AvgIpc) is 1.35. The van der Waals surface area contributed by atoms with E-state index < -0.39 is 0 Å². The maximum atomic E-state index is 6.54. The van der Waals surface area contributed by atoms with E-state index in [2.05, 4.69) is 77.1 Å². The summed E-state index contributed by atoms with van der Waals surface area (Å²) < 4.78 is 38.9. The van der Waals surface area contributed by atoms with E-state index in [1.54, 1.807) is 0 Å². The van der Waals surface area contributed by atoms with E-state index in [4.69, 9.17) is 38.4 Å². The third kappa shape index (κ3) is 42.1. The fraction of sp³-hybridized carbons (Fsp3) is 0.682. The molecule has 4 aromatic rings. The molecule has 0 aliphatic carbocycles. The largest absolute Gasteiger partial charge is 0.490 e. The maximum absolute atomic E-state index is 6.54. The van der Waals surface area contributed by atoms with Crippen molar-refractivity contribution in [3.8, 4) is 70.0 Å². The van der Waals surface area contributed by atoms with E-state index in [9.17, 15) is 0 Å². The molecule has 96 heavy (non-hydrogen) atoms. The number of rotatable bonds is 60. The lowest BCUT2D eigenvalue weighted by atomic mass is 10.1. The van der Waals surface area contributed by atoms with Gasteiger partial charge in [0.25, 0.3) is 0 Å². The van der Waals surface area contributed by atoms with Crippen LogP contribution in [0.5, 0.6) is 34.5 Å². The van der Waals surface area contributed by atoms with Gasteiger partial charge in [-0.1, -0.05) is 329 Å². The van der Waals surface area contributed by atoms with Gasteiger partial charge in [-0.2, -0.15) is 0 Å². The van der Waals surface area contributed by atoms with Gasteiger partial charge in [0, 0.05) is 22.8 Å². The van der Waals surface area contributed by atoms with Gasteiger partial charge in [-0.3, -0.25) is 0 Å². The van der Waals surface area contributed by atoms with Crippen LogP contribution in [0, 0.1) is 35.5 Å². The first-order valence-corrected chi connectivity index (χ1v) is 40.1. The fourth-order valence-electron chi connectivity index (χ4n) is 12.0. The Bertz CT molecular complexity index is 2430. The highest BCUT2D eigenvalue weighted by atomic mass is 16.5. The van der Waals surface area contributed by atoms with Crippen molar-refractivity contribution in [1.82, 2.24) is 9.97 Å². The molecule has 8 nitrogen and oxygen atoms in total. The van der Waals surface area contributed by atoms with Crippen LogP contribution in [0.3, 0.4) is 0 Å². The lowest BCUT2D eigenvalue weighted by molar-refractivity contribution is 0.258. The van der Waals surface area contributed by atoms with Crippen LogP contribution in [0.4, 0.5) is 0 Å². The van der Waals surface area contributed by atoms with Crippen molar-refractivity contribution in [3.05, 3.63) is 94.6 Å². The van der Waals surface area contributed by atoms with Crippen molar-refractivity contribution in [2.75, 3.05) is 39.6 Å². The highest BCUT2D eigenvalue weighted by Gasteiger charge is 2.12. The van der Waals surface area contributed by atoms with E-state index in [0.717, 1.165) is 109 Å². The molecule has 0 spiro atoms. The van der Waals surface area contributed by atoms with E-state index in [1.165, 1.54) is 250 Å². The van der Waals surface area contributed by atoms with Gasteiger partial charge in [-0.15, -0.1) is 0 Å². The van der Waals surface area contributed by atoms with E-state index in [-0.39, 0.29) is 0 Å². The Balaban J connectivity index is 1.68. The molecule has 1 aromatic heterocycles. The summed E-state index contributed by atoms with van der Waals surface area (Å²) in [4.78, 5) is 9.92. The Labute approximate surface area is 589 Å². The summed E-state index contributed by atoms with van der Waals surface area (Å²) in [6, 6.07) is 20.0. The maximum Gasteiger partial charge on any atom is 0.207 e. The molecule has 0 aliphatic heterocycles. The zero-order valence-electron chi connectivity index (χ0n) is 62.3. The summed E-state index contributed by atoms with van der Waals surface area (Å²) in [5.74, 6) is 25.2. The van der Waals surface area contributed by atoms with Crippen molar-refractivity contribution in [1.29, 1.82) is 0 Å². The zero-order valence-corrected chi connectivity index (χ0v) is 62.3. The Morgan fingerprint density at radius 2 is 0.406 bits per heavy atom. The minimum Gasteiger partial charge on any atom is -0.490 e. The van der Waals surface area contributed by atoms with Gasteiger partial charge >= 0.3 is 0 Å². The van der Waals surface area contributed by atoms with Crippen LogP contribution in [-0.2, 0) is 0 Å². The predicted octanol–water partition coefficient (Wildman–Crippen LogP) is 25.8. The number of unbranched alkanes of at least 4 members (excludes halogenated alkanes) is 42. The summed E-state index contributed by atoms with van der Waals surface area (Å²) in [5.41, 5.74) is 3.46. The van der Waals surface area contributed by atoms with Crippen molar-refractivity contribution in [3.63, 3.8) is 0 Å². The highest BCUT2D eigenvalue weighted by molar-refractivity contribution is 5.54. The zero-order chi connectivity index (χ0) is 68.1. The minimum atomic E-state index is 0.334. The van der Waals surface area contributed by atoms with E-state index in [1.807, 2.05) is 60.7 Å². The first-order chi connectivity index (χ1) is 47.5. The summed E-state index contributed by atoms with van der Waals surface area (Å²) in [6.07, 6.45) is 59.9. The second-order valence-electron chi connectivity index (χ2n) is 27.1. The Morgan fingerprint density at radius 3 is 0.635 bits per heavy atom. The van der Waals surface area contributed by atoms with Crippen molar-refractivity contribution in [2.24, 2.45) is 0 Å². The fourth-order valence-corrected chi connectivity index (χ4v) is 12.0. The molecule has 0 fully saturated rings. The molecule has 0 aliphatic rings. The smallest absolute Gasteiger partial charge is 0.207 e. The second-order valence-corrected chi connectivity index (χ2v) is 27.1. The molecule has 0 saturated heterocycles. The van der Waals surface area contributed by atoms with Crippen molar-refractivity contribution < 1.29 is 28.4 Å². The number of hydrogen-bond donors (Lipinski definition) is 0. The van der Waals surface area contributed by atoms with Gasteiger partial charge in [0.1, 0.15) is 11.4 Å². The Kier molecular flexibility index (Phi) is 51.0. The first-order valence-electron chi connectivity index (χ1n) is 40.1. The van der Waals surface area contributed by atoms with E-state index in [0.29, 0.717) is 56.9 Å². The molecule has 0 saturated carbocycles. The summed E-state index contributed by atoms with van der Waals surface area (Å²) >= 11 is 0. The lowest BCUT2D eigenvalue weighted by Gasteiger charge is -2.13. The van der Waals surface area contributed by atoms with Crippen LogP contribution in [0.1, 0.15) is 384 Å². The molecular weight excluding hydrogens is 1180 g/mol. The minimum absolute atomic E-state index is 0.334. The molecule has 0 unspecified atom stereocenters. The van der Waals surface area contributed by atoms with Gasteiger partial charge in [0.05, 0.1) is 39.6 Å². The van der Waals surface area contributed by atoms with Gasteiger partial charge < -0.3 is 28.4 Å². The molecule has 0 bridgehead atoms. The Hall–Kier alpha value is -5.78. The summed E-state index contributed by atoms with van der Waals surface area (Å²) in [6.45, 7) is 17.6. The third-order valence-electron chi connectivity index (χ3n) is 18.1. The average molecular weight is 1320 g/mol. The van der Waals surface area contributed by atoms with Crippen LogP contribution in [0.25, 0.3) is 0 Å². The Morgan fingerprint density at radius 1 is 0.208 bits per heavy atom. The molecular formula is C88H136N2O6. The highest BCUT2D eigenvalue weighted by Crippen LogP contribution is 2.32. The van der Waals surface area contributed by atoms with Crippen LogP contribution < -0.4 is 28.4 Å². The van der Waals surface area contributed by atoms with Gasteiger partial charge in [-0.05, 0) is 111 Å². The SMILES string of the molecule is CCCCCCCCCCOc1ccc(C#Cc2cc(C#Cc3ccc(OCCCCCCCCCC)c(OCCCCCCCCCC)c3)nc(C#Cc3ccc(OCCCCCCCCCC)c(OCCCCCCCCCC)c3)n2)cc1OCCCCCCCCCC. The van der Waals surface area contributed by atoms with Crippen LogP contribution in [0.2, 0.25) is 0 Å². The monoisotopic (exact) mass is 1320 g/mol. The second kappa shape index (κ2) is 59.3. The van der Waals surface area contributed by atoms with Gasteiger partial charge in [0.15, 0.2) is 34.5 Å². The van der Waals surface area contributed by atoms with Crippen molar-refractivity contribution >= 4 is 0 Å². The summed E-state index contributed by atoms with van der Waals surface area (Å²) in [7, 11) is 0. The third-order valence-corrected chi connectivity index (χ3v) is 18.1. The van der Waals surface area contributed by atoms with Gasteiger partial charge in [0.2, 0.25) is 5.82 Å². The van der Waals surface area contributed by atoms with Crippen LogP contribution in [0.15, 0.2) is 60.7 Å². The standard InChI is InChI=1S/C88H136N2O6/c1-7-13-19-25-31-37-43-49-67-91-82-63-57-77(73-85(82)94-70-52-46-40-34-28-22-16-10-4)55-61-80-76-81(62-56-78-58-64-83(92-68-50-44-38-32-26-20-14-8-2)86(74-78)95-71-53-47-41-35-29-23-17-11-5)90-88(89-80)66-60-79-59-65-84(93-69-51-45-39-33-27-21-15-9-3)87(75-79)96-72-54-48-42-36-30-24-18-12-6/h57-59,63-65,73-76H,7-54,67-72H2,1-6H3. The molecule has 1 heterocycles. The number of nitrogens with zero attached hydrogens (tertiary/aromatic N) is 2. The molecule has 0 amide bonds. The number of hydrogen-bond acceptors (Lipinski definition) is 8. The molecule has 3 aromatic carbocycles.